The van der Waals surface area contributed by atoms with Crippen molar-refractivity contribution in [2.45, 2.75) is 0 Å². The van der Waals surface area contributed by atoms with E-state index in [1.54, 1.807) is 56.7 Å². The molecule has 3 aromatic heterocycles. The number of nitrogens with zero attached hydrogens (tertiary/aromatic N) is 2. The highest BCUT2D eigenvalue weighted by Crippen LogP contribution is 2.42. The van der Waals surface area contributed by atoms with Gasteiger partial charge >= 0.3 is 0 Å². The van der Waals surface area contributed by atoms with Gasteiger partial charge in [-0.05, 0) is 143 Å². The molecule has 62 heavy (non-hydrogen) atoms. The van der Waals surface area contributed by atoms with E-state index in [4.69, 9.17) is 19.4 Å². The van der Waals surface area contributed by atoms with Crippen LogP contribution in [0.25, 0.3) is 102 Å². The van der Waals surface area contributed by atoms with Crippen LogP contribution in [0, 0.1) is 34.9 Å². The van der Waals surface area contributed by atoms with Gasteiger partial charge in [0.15, 0.2) is 0 Å². The van der Waals surface area contributed by atoms with Gasteiger partial charge in [-0.15, -0.1) is 0 Å². The zero-order valence-corrected chi connectivity index (χ0v) is 32.7. The fourth-order valence-electron chi connectivity index (χ4n) is 8.32. The molecule has 0 saturated heterocycles. The van der Waals surface area contributed by atoms with Gasteiger partial charge in [-0.25, -0.2) is 36.3 Å². The van der Waals surface area contributed by atoms with Gasteiger partial charge in [-0.1, -0.05) is 0 Å². The van der Waals surface area contributed by atoms with Gasteiger partial charge in [-0.2, -0.15) is 0 Å². The molecule has 8 aromatic rings. The molecule has 8 bridgehead atoms. The normalized spacial score (nSPS) is 12.1. The van der Waals surface area contributed by atoms with Crippen molar-refractivity contribution < 1.29 is 35.8 Å². The number of rotatable bonds is 6. The first kappa shape index (κ1) is 38.3. The standard InChI is InChI=1S/C50H30F6N4O2/c1-61-34-3-4-35-37(24-34)36(5-14-46(35)62-2)50-44-12-10-42(59-44)48(26-17-30(53)22-31(54)18-26)40-8-6-38(57-40)47(25-15-28(51)21-29(52)16-25)39-7-9-41(58-39)49(43-11-13-45(50)60-43)27-19-32(55)23-33(56)20-27/h3-24,57,60H,1-2H3. The maximum absolute atomic E-state index is 15.1. The number of benzene rings is 5. The zero-order chi connectivity index (χ0) is 42.8. The minimum absolute atomic E-state index is 0.122. The monoisotopic (exact) mass is 832 g/mol. The molecule has 2 aliphatic heterocycles. The number of H-pyrrole nitrogens is 2. The summed E-state index contributed by atoms with van der Waals surface area (Å²) in [4.78, 5) is 16.9. The summed E-state index contributed by atoms with van der Waals surface area (Å²) in [5.41, 5.74) is 5.65. The Morgan fingerprint density at radius 1 is 0.387 bits per heavy atom. The molecule has 0 saturated carbocycles. The van der Waals surface area contributed by atoms with Crippen molar-refractivity contribution in [3.05, 3.63) is 167 Å². The molecular weight excluding hydrogens is 803 g/mol. The average molecular weight is 833 g/mol. The van der Waals surface area contributed by atoms with Crippen molar-refractivity contribution in [1.29, 1.82) is 0 Å². The van der Waals surface area contributed by atoms with Gasteiger partial charge in [0, 0.05) is 67.9 Å². The molecule has 0 radical (unpaired) electrons. The number of ether oxygens (including phenoxy) is 2. The molecule has 6 nitrogen and oxygen atoms in total. The molecule has 304 valence electrons. The van der Waals surface area contributed by atoms with Gasteiger partial charge in [0.05, 0.1) is 37.0 Å². The van der Waals surface area contributed by atoms with E-state index in [9.17, 15) is 8.78 Å². The van der Waals surface area contributed by atoms with Crippen LogP contribution in [0.1, 0.15) is 22.8 Å². The number of fused-ring (bicyclic) bond motifs is 9. The van der Waals surface area contributed by atoms with Crippen molar-refractivity contribution in [2.24, 2.45) is 0 Å². The van der Waals surface area contributed by atoms with Crippen LogP contribution >= 0.6 is 0 Å². The fourth-order valence-corrected chi connectivity index (χ4v) is 8.32. The summed E-state index contributed by atoms with van der Waals surface area (Å²) < 4.78 is 101. The van der Waals surface area contributed by atoms with E-state index in [2.05, 4.69) is 9.97 Å². The van der Waals surface area contributed by atoms with Crippen LogP contribution in [0.3, 0.4) is 0 Å². The van der Waals surface area contributed by atoms with Gasteiger partial charge in [0.25, 0.3) is 0 Å². The highest BCUT2D eigenvalue weighted by atomic mass is 19.2. The van der Waals surface area contributed by atoms with Gasteiger partial charge in [0.2, 0.25) is 0 Å². The molecular formula is C50H30F6N4O2. The second kappa shape index (κ2) is 15.0. The molecule has 2 aliphatic rings. The summed E-state index contributed by atoms with van der Waals surface area (Å²) in [5.74, 6) is -3.76. The number of hydrogen-bond acceptors (Lipinski definition) is 4. The van der Waals surface area contributed by atoms with Crippen molar-refractivity contribution in [2.75, 3.05) is 14.2 Å². The number of aromatic amines is 2. The Hall–Kier alpha value is -7.86. The lowest BCUT2D eigenvalue weighted by Gasteiger charge is -2.13. The number of hydrogen-bond donors (Lipinski definition) is 2. The summed E-state index contributed by atoms with van der Waals surface area (Å²) in [5, 5.41) is 1.52. The number of halogens is 6. The maximum Gasteiger partial charge on any atom is 0.126 e. The van der Waals surface area contributed by atoms with Crippen LogP contribution in [0.5, 0.6) is 11.5 Å². The molecule has 0 fully saturated rings. The van der Waals surface area contributed by atoms with Crippen molar-refractivity contribution in [3.8, 4) is 56.0 Å². The average Bonchev–Trinajstić information content (AvgIpc) is 4.08. The van der Waals surface area contributed by atoms with Crippen molar-refractivity contribution in [1.82, 2.24) is 19.9 Å². The Balaban J connectivity index is 1.42. The Bertz CT molecular complexity index is 3310. The molecule has 0 aliphatic carbocycles. The number of methoxy groups -OCH3 is 2. The lowest BCUT2D eigenvalue weighted by Crippen LogP contribution is -1.93. The molecule has 10 rings (SSSR count). The van der Waals surface area contributed by atoms with E-state index in [1.807, 2.05) is 36.4 Å². The Morgan fingerprint density at radius 2 is 0.774 bits per heavy atom. The molecule has 2 N–H and O–H groups in total. The van der Waals surface area contributed by atoms with E-state index >= 15 is 17.6 Å². The van der Waals surface area contributed by atoms with Gasteiger partial charge < -0.3 is 19.4 Å². The van der Waals surface area contributed by atoms with E-state index in [1.165, 1.54) is 24.3 Å². The molecule has 5 aromatic carbocycles. The minimum atomic E-state index is -0.842. The second-order valence-corrected chi connectivity index (χ2v) is 14.7. The Labute approximate surface area is 349 Å². The predicted octanol–water partition coefficient (Wildman–Crippen LogP) is 13.3. The zero-order valence-electron chi connectivity index (χ0n) is 32.7. The lowest BCUT2D eigenvalue weighted by molar-refractivity contribution is 0.414. The van der Waals surface area contributed by atoms with Crippen LogP contribution in [-0.2, 0) is 0 Å². The van der Waals surface area contributed by atoms with Crippen LogP contribution in [0.2, 0.25) is 0 Å². The summed E-state index contributed by atoms with van der Waals surface area (Å²) >= 11 is 0. The first-order valence-electron chi connectivity index (χ1n) is 19.2. The molecule has 5 heterocycles. The van der Waals surface area contributed by atoms with E-state index in [0.717, 1.165) is 41.1 Å². The minimum Gasteiger partial charge on any atom is -0.497 e. The number of aromatic nitrogens is 4. The first-order valence-corrected chi connectivity index (χ1v) is 19.2. The molecule has 0 atom stereocenters. The van der Waals surface area contributed by atoms with Crippen LogP contribution in [0.15, 0.2) is 109 Å². The molecule has 0 spiro atoms. The van der Waals surface area contributed by atoms with E-state index in [-0.39, 0.29) is 33.6 Å². The van der Waals surface area contributed by atoms with Gasteiger partial charge in [0.1, 0.15) is 46.4 Å². The smallest absolute Gasteiger partial charge is 0.126 e. The summed E-state index contributed by atoms with van der Waals surface area (Å²) in [6, 6.07) is 25.6. The third-order valence-corrected chi connectivity index (χ3v) is 10.9. The predicted molar refractivity (Wildman–Crippen MR) is 231 cm³/mol. The van der Waals surface area contributed by atoms with Crippen LogP contribution in [0.4, 0.5) is 26.3 Å². The summed E-state index contributed by atoms with van der Waals surface area (Å²) in [6.45, 7) is 0. The summed E-state index contributed by atoms with van der Waals surface area (Å²) in [6.07, 6.45) is 6.80. The lowest BCUT2D eigenvalue weighted by atomic mass is 9.96. The van der Waals surface area contributed by atoms with Crippen LogP contribution in [-0.4, -0.2) is 34.2 Å². The molecule has 12 heteroatoms. The van der Waals surface area contributed by atoms with Gasteiger partial charge in [-0.3, -0.25) is 0 Å². The third kappa shape index (κ3) is 6.75. The molecule has 0 amide bonds. The fraction of sp³-hybridized carbons (Fsp3) is 0.0400. The SMILES string of the molecule is COc1ccc2c(OC)ccc(-c3c4nc(c(-c5cc(F)cc(F)c5)c5ccc([nH]5)c(-c5cc(F)cc(F)c5)c5nc(c(-c6cc(F)cc(F)c6)c6ccc3[nH]6)C=C5)C=C4)c2c1. The third-order valence-electron chi connectivity index (χ3n) is 10.9. The maximum atomic E-state index is 15.1. The highest BCUT2D eigenvalue weighted by molar-refractivity contribution is 6.07. The van der Waals surface area contributed by atoms with Crippen molar-refractivity contribution in [3.63, 3.8) is 0 Å². The van der Waals surface area contributed by atoms with Crippen molar-refractivity contribution >= 4 is 57.1 Å². The second-order valence-electron chi connectivity index (χ2n) is 14.7. The quantitative estimate of drug-likeness (QED) is 0.164. The van der Waals surface area contributed by atoms with E-state index in [0.29, 0.717) is 67.2 Å². The topological polar surface area (TPSA) is 75.8 Å². The molecule has 0 unspecified atom stereocenters. The Kier molecular flexibility index (Phi) is 9.28. The van der Waals surface area contributed by atoms with E-state index < -0.39 is 34.9 Å². The highest BCUT2D eigenvalue weighted by Gasteiger charge is 2.22. The number of nitrogens with one attached hydrogen (secondary N) is 2. The largest absolute Gasteiger partial charge is 0.497 e. The van der Waals surface area contributed by atoms with Crippen LogP contribution < -0.4 is 9.47 Å². The first-order chi connectivity index (χ1) is 30.0. The Morgan fingerprint density at radius 3 is 1.16 bits per heavy atom. The summed E-state index contributed by atoms with van der Waals surface area (Å²) in [7, 11) is 3.14.